The van der Waals surface area contributed by atoms with E-state index in [9.17, 15) is 18.0 Å². The summed E-state index contributed by atoms with van der Waals surface area (Å²) in [6, 6.07) is 4.45. The molecule has 100 valence electrons. The standard InChI is InChI=1S/C11H9BrClF3OS/c1-6(17)10(12)7-2-3-8(5-13)9(4-7)18-11(14,15)16/h2-4,10H,5H2,1H3. The zero-order chi connectivity index (χ0) is 13.9. The molecule has 1 rings (SSSR count). The van der Waals surface area contributed by atoms with Crippen molar-refractivity contribution >= 4 is 45.1 Å². The summed E-state index contributed by atoms with van der Waals surface area (Å²) < 4.78 is 37.2. The highest BCUT2D eigenvalue weighted by atomic mass is 79.9. The van der Waals surface area contributed by atoms with E-state index in [1.54, 1.807) is 6.07 Å². The molecule has 0 N–H and O–H groups in total. The van der Waals surface area contributed by atoms with E-state index in [1.807, 2.05) is 0 Å². The van der Waals surface area contributed by atoms with E-state index < -0.39 is 10.3 Å². The van der Waals surface area contributed by atoms with E-state index in [1.165, 1.54) is 19.1 Å². The van der Waals surface area contributed by atoms with Gasteiger partial charge in [-0.25, -0.2) is 0 Å². The Bertz CT molecular complexity index is 450. The van der Waals surface area contributed by atoms with Gasteiger partial charge in [0.1, 0.15) is 5.78 Å². The molecular formula is C11H9BrClF3OS. The number of halogens is 5. The molecule has 1 atom stereocenters. The SMILES string of the molecule is CC(=O)C(Br)c1ccc(CCl)c(SC(F)(F)F)c1. The quantitative estimate of drug-likeness (QED) is 0.550. The minimum atomic E-state index is -4.38. The topological polar surface area (TPSA) is 17.1 Å². The Kier molecular flexibility index (Phi) is 5.55. The first kappa shape index (κ1) is 15.9. The first-order chi connectivity index (χ1) is 8.24. The number of carbonyl (C=O) groups is 1. The van der Waals surface area contributed by atoms with Gasteiger partial charge in [-0.15, -0.1) is 11.6 Å². The lowest BCUT2D eigenvalue weighted by atomic mass is 10.1. The van der Waals surface area contributed by atoms with Gasteiger partial charge in [-0.05, 0) is 35.9 Å². The van der Waals surface area contributed by atoms with Crippen molar-refractivity contribution in [2.45, 2.75) is 28.0 Å². The van der Waals surface area contributed by atoms with E-state index in [-0.39, 0.29) is 28.3 Å². The van der Waals surface area contributed by atoms with E-state index >= 15 is 0 Å². The van der Waals surface area contributed by atoms with Crippen LogP contribution in [0.1, 0.15) is 22.9 Å². The lowest BCUT2D eigenvalue weighted by molar-refractivity contribution is -0.116. The molecule has 0 aliphatic carbocycles. The Morgan fingerprint density at radius 2 is 2.11 bits per heavy atom. The summed E-state index contributed by atoms with van der Waals surface area (Å²) in [7, 11) is 0. The molecule has 0 amide bonds. The first-order valence-electron chi connectivity index (χ1n) is 4.83. The van der Waals surface area contributed by atoms with Crippen LogP contribution in [0.25, 0.3) is 0 Å². The van der Waals surface area contributed by atoms with Crippen molar-refractivity contribution in [3.8, 4) is 0 Å². The minimum absolute atomic E-state index is 0.00822. The van der Waals surface area contributed by atoms with Crippen molar-refractivity contribution in [3.05, 3.63) is 29.3 Å². The Labute approximate surface area is 120 Å². The molecule has 1 nitrogen and oxygen atoms in total. The van der Waals surface area contributed by atoms with E-state index in [2.05, 4.69) is 15.9 Å². The van der Waals surface area contributed by atoms with Crippen molar-refractivity contribution in [3.63, 3.8) is 0 Å². The molecule has 0 fully saturated rings. The number of benzene rings is 1. The molecule has 0 heterocycles. The number of ketones is 1. The Balaban J connectivity index is 3.13. The van der Waals surface area contributed by atoms with Crippen LogP contribution in [0, 0.1) is 0 Å². The van der Waals surface area contributed by atoms with Crippen LogP contribution in [0.15, 0.2) is 23.1 Å². The number of hydrogen-bond donors (Lipinski definition) is 0. The van der Waals surface area contributed by atoms with Gasteiger partial charge in [0.25, 0.3) is 0 Å². The van der Waals surface area contributed by atoms with Crippen LogP contribution in [0.2, 0.25) is 0 Å². The van der Waals surface area contributed by atoms with Gasteiger partial charge in [0, 0.05) is 10.8 Å². The lowest BCUT2D eigenvalue weighted by Crippen LogP contribution is -2.04. The summed E-state index contributed by atoms with van der Waals surface area (Å²) in [5, 5.41) is 0. The summed E-state index contributed by atoms with van der Waals surface area (Å²) in [5.41, 5.74) is -3.49. The van der Waals surface area contributed by atoms with Crippen LogP contribution in [0.4, 0.5) is 13.2 Å². The fourth-order valence-corrected chi connectivity index (χ4v) is 2.61. The van der Waals surface area contributed by atoms with Crippen LogP contribution >= 0.6 is 39.3 Å². The van der Waals surface area contributed by atoms with Gasteiger partial charge in [0.15, 0.2) is 0 Å². The molecule has 18 heavy (non-hydrogen) atoms. The number of hydrogen-bond acceptors (Lipinski definition) is 2. The fraction of sp³-hybridized carbons (Fsp3) is 0.364. The summed E-state index contributed by atoms with van der Waals surface area (Å²) in [6.07, 6.45) is 0. The summed E-state index contributed by atoms with van der Waals surface area (Å²) in [5.74, 6) is -0.178. The zero-order valence-electron chi connectivity index (χ0n) is 9.22. The van der Waals surface area contributed by atoms with Crippen molar-refractivity contribution in [2.75, 3.05) is 0 Å². The number of Topliss-reactive ketones (excluding diaryl/α,β-unsaturated/α-hetero) is 1. The summed E-state index contributed by atoms with van der Waals surface area (Å²) >= 11 is 8.51. The summed E-state index contributed by atoms with van der Waals surface area (Å²) in [4.78, 5) is 10.6. The highest BCUT2D eigenvalue weighted by molar-refractivity contribution is 9.09. The third kappa shape index (κ3) is 4.48. The van der Waals surface area contributed by atoms with Crippen molar-refractivity contribution < 1.29 is 18.0 Å². The average molecular weight is 362 g/mol. The second-order valence-electron chi connectivity index (χ2n) is 3.52. The molecule has 0 bridgehead atoms. The van der Waals surface area contributed by atoms with Gasteiger partial charge >= 0.3 is 5.51 Å². The lowest BCUT2D eigenvalue weighted by Gasteiger charge is -2.13. The minimum Gasteiger partial charge on any atom is -0.298 e. The molecule has 1 unspecified atom stereocenters. The van der Waals surface area contributed by atoms with Crippen LogP contribution < -0.4 is 0 Å². The van der Waals surface area contributed by atoms with Gasteiger partial charge in [-0.1, -0.05) is 28.1 Å². The highest BCUT2D eigenvalue weighted by Crippen LogP contribution is 2.40. The molecule has 1 aromatic rings. The van der Waals surface area contributed by atoms with Gasteiger partial charge in [-0.2, -0.15) is 13.2 Å². The van der Waals surface area contributed by atoms with Gasteiger partial charge < -0.3 is 0 Å². The van der Waals surface area contributed by atoms with Gasteiger partial charge in [-0.3, -0.25) is 4.79 Å². The third-order valence-corrected chi connectivity index (χ3v) is 4.40. The largest absolute Gasteiger partial charge is 0.446 e. The molecule has 7 heteroatoms. The molecule has 0 saturated carbocycles. The van der Waals surface area contributed by atoms with Crippen molar-refractivity contribution in [2.24, 2.45) is 0 Å². The van der Waals surface area contributed by atoms with Gasteiger partial charge in [0.2, 0.25) is 0 Å². The Morgan fingerprint density at radius 3 is 2.56 bits per heavy atom. The van der Waals surface area contributed by atoms with Gasteiger partial charge in [0.05, 0.1) is 4.83 Å². The normalized spacial score (nSPS) is 13.4. The second-order valence-corrected chi connectivity index (χ2v) is 5.81. The van der Waals surface area contributed by atoms with Crippen LogP contribution in [0.5, 0.6) is 0 Å². The second kappa shape index (κ2) is 6.30. The molecule has 0 radical (unpaired) electrons. The predicted molar refractivity (Wildman–Crippen MR) is 70.3 cm³/mol. The van der Waals surface area contributed by atoms with Crippen molar-refractivity contribution in [1.29, 1.82) is 0 Å². The molecule has 0 aliphatic rings. The molecular weight excluding hydrogens is 353 g/mol. The number of rotatable bonds is 4. The molecule has 0 aliphatic heterocycles. The molecule has 0 aromatic heterocycles. The highest BCUT2D eigenvalue weighted by Gasteiger charge is 2.30. The van der Waals surface area contributed by atoms with Crippen LogP contribution in [-0.4, -0.2) is 11.3 Å². The maximum absolute atomic E-state index is 12.4. The Morgan fingerprint density at radius 1 is 1.50 bits per heavy atom. The number of alkyl halides is 5. The maximum Gasteiger partial charge on any atom is 0.446 e. The van der Waals surface area contributed by atoms with E-state index in [4.69, 9.17) is 11.6 Å². The zero-order valence-corrected chi connectivity index (χ0v) is 12.4. The first-order valence-corrected chi connectivity index (χ1v) is 7.10. The number of thioether (sulfide) groups is 1. The maximum atomic E-state index is 12.4. The fourth-order valence-electron chi connectivity index (χ4n) is 1.29. The third-order valence-electron chi connectivity index (χ3n) is 2.11. The smallest absolute Gasteiger partial charge is 0.298 e. The van der Waals surface area contributed by atoms with Crippen molar-refractivity contribution in [1.82, 2.24) is 0 Å². The molecule has 0 saturated heterocycles. The predicted octanol–water partition coefficient (Wildman–Crippen LogP) is 5.06. The average Bonchev–Trinajstić information content (AvgIpc) is 2.25. The van der Waals surface area contributed by atoms with E-state index in [0.29, 0.717) is 11.1 Å². The van der Waals surface area contributed by atoms with Crippen LogP contribution in [-0.2, 0) is 10.7 Å². The van der Waals surface area contributed by atoms with E-state index in [0.717, 1.165) is 0 Å². The summed E-state index contributed by atoms with van der Waals surface area (Å²) in [6.45, 7) is 1.37. The molecule has 1 aromatic carbocycles. The monoisotopic (exact) mass is 360 g/mol. The molecule has 0 spiro atoms. The number of carbonyl (C=O) groups excluding carboxylic acids is 1. The Hall–Kier alpha value is -0.200. The van der Waals surface area contributed by atoms with Crippen LogP contribution in [0.3, 0.4) is 0 Å².